The fraction of sp³-hybridized carbons (Fsp3) is 0.138. The highest BCUT2D eigenvalue weighted by Crippen LogP contribution is 2.32. The molecule has 0 aliphatic heterocycles. The van der Waals surface area contributed by atoms with Gasteiger partial charge < -0.3 is 15.2 Å². The molecule has 0 radical (unpaired) electrons. The van der Waals surface area contributed by atoms with Crippen LogP contribution in [0.3, 0.4) is 0 Å². The number of carboxylic acid groups (broad SMARTS) is 1. The summed E-state index contributed by atoms with van der Waals surface area (Å²) < 4.78 is 7.28. The van der Waals surface area contributed by atoms with Crippen LogP contribution in [0.15, 0.2) is 91.0 Å². The zero-order valence-corrected chi connectivity index (χ0v) is 20.4. The van der Waals surface area contributed by atoms with Crippen molar-refractivity contribution in [3.05, 3.63) is 107 Å². The molecule has 2 N–H and O–H groups in total. The molecular weight excluding hydrogens is 472 g/mol. The fourth-order valence-corrected chi connectivity index (χ4v) is 5.07. The number of hydrogen-bond donors (Lipinski definition) is 2. The molecule has 4 aromatic carbocycles. The Balaban J connectivity index is 1.47. The number of aromatic nitrogens is 1. The van der Waals surface area contributed by atoms with Crippen molar-refractivity contribution in [2.75, 3.05) is 0 Å². The topological polar surface area (TPSA) is 88.5 Å². The van der Waals surface area contributed by atoms with Gasteiger partial charge in [0.15, 0.2) is 0 Å². The Bertz CT molecular complexity index is 1530. The largest absolute Gasteiger partial charge is 0.485 e. The first-order chi connectivity index (χ1) is 17.4. The second kappa shape index (κ2) is 9.79. The summed E-state index contributed by atoms with van der Waals surface area (Å²) in [5, 5.41) is 15.2. The molecular formula is C29H24N2O4S. The molecule has 180 valence electrons. The number of nitrogens with one attached hydrogen (secondary N) is 1. The Morgan fingerprint density at radius 1 is 0.944 bits per heavy atom. The average molecular weight is 497 g/mol. The highest BCUT2D eigenvalue weighted by Gasteiger charge is 2.36. The Labute approximate surface area is 212 Å². The van der Waals surface area contributed by atoms with Gasteiger partial charge in [0.2, 0.25) is 0 Å². The number of para-hydroxylation sites is 1. The molecule has 1 atom stereocenters. The normalized spacial score (nSPS) is 12.8. The molecule has 0 fully saturated rings. The van der Waals surface area contributed by atoms with Crippen molar-refractivity contribution in [3.8, 4) is 5.75 Å². The zero-order chi connectivity index (χ0) is 25.1. The van der Waals surface area contributed by atoms with Gasteiger partial charge in [0.1, 0.15) is 22.9 Å². The van der Waals surface area contributed by atoms with Gasteiger partial charge in [-0.2, -0.15) is 0 Å². The van der Waals surface area contributed by atoms with Crippen LogP contribution >= 0.6 is 11.3 Å². The van der Waals surface area contributed by atoms with Crippen molar-refractivity contribution >= 4 is 44.2 Å². The van der Waals surface area contributed by atoms with E-state index in [2.05, 4.69) is 10.3 Å². The average Bonchev–Trinajstić information content (AvgIpc) is 3.30. The number of carbonyl (C=O) groups excluding carboxylic acids is 1. The number of carboxylic acids is 1. The lowest BCUT2D eigenvalue weighted by Gasteiger charge is -2.27. The Morgan fingerprint density at radius 2 is 1.67 bits per heavy atom. The van der Waals surface area contributed by atoms with Gasteiger partial charge in [0, 0.05) is 11.8 Å². The minimum atomic E-state index is -1.51. The number of hydrogen-bond acceptors (Lipinski definition) is 5. The maximum Gasteiger partial charge on any atom is 0.329 e. The van der Waals surface area contributed by atoms with Crippen molar-refractivity contribution in [2.24, 2.45) is 0 Å². The Kier molecular flexibility index (Phi) is 6.40. The van der Waals surface area contributed by atoms with E-state index in [9.17, 15) is 14.7 Å². The predicted octanol–water partition coefficient (Wildman–Crippen LogP) is 5.84. The third-order valence-corrected chi connectivity index (χ3v) is 7.07. The van der Waals surface area contributed by atoms with Crippen molar-refractivity contribution in [1.29, 1.82) is 0 Å². The Morgan fingerprint density at radius 3 is 2.44 bits per heavy atom. The SMILES string of the molecule is CC(Cc1ccccc1)(NC(=O)c1ccc2ccccc2c1OCc1nc2ccccc2s1)C(=O)O. The molecule has 7 heteroatoms. The van der Waals surface area contributed by atoms with Gasteiger partial charge in [-0.3, -0.25) is 4.79 Å². The predicted molar refractivity (Wildman–Crippen MR) is 142 cm³/mol. The van der Waals surface area contributed by atoms with E-state index in [1.54, 1.807) is 6.07 Å². The fourth-order valence-electron chi connectivity index (χ4n) is 4.19. The van der Waals surface area contributed by atoms with E-state index in [4.69, 9.17) is 4.74 Å². The third-order valence-electron chi connectivity index (χ3n) is 6.06. The van der Waals surface area contributed by atoms with Gasteiger partial charge >= 0.3 is 5.97 Å². The van der Waals surface area contributed by atoms with E-state index in [0.717, 1.165) is 31.6 Å². The minimum absolute atomic E-state index is 0.143. The molecule has 0 aliphatic rings. The number of ether oxygens (including phenoxy) is 1. The molecule has 5 aromatic rings. The van der Waals surface area contributed by atoms with E-state index < -0.39 is 17.4 Å². The summed E-state index contributed by atoms with van der Waals surface area (Å²) in [6, 6.07) is 28.2. The molecule has 6 nitrogen and oxygen atoms in total. The molecule has 1 heterocycles. The summed E-state index contributed by atoms with van der Waals surface area (Å²) in [4.78, 5) is 30.4. The summed E-state index contributed by atoms with van der Waals surface area (Å²) >= 11 is 1.54. The van der Waals surface area contributed by atoms with Crippen LogP contribution in [0.25, 0.3) is 21.0 Å². The summed E-state index contributed by atoms with van der Waals surface area (Å²) in [7, 11) is 0. The van der Waals surface area contributed by atoms with Crippen LogP contribution in [0.5, 0.6) is 5.75 Å². The number of fused-ring (bicyclic) bond motifs is 2. The third kappa shape index (κ3) is 4.78. The maximum atomic E-state index is 13.5. The molecule has 0 bridgehead atoms. The van der Waals surface area contributed by atoms with Crippen LogP contribution in [-0.2, 0) is 17.8 Å². The first kappa shape index (κ1) is 23.5. The van der Waals surface area contributed by atoms with Gasteiger partial charge in [-0.1, -0.05) is 72.8 Å². The van der Waals surface area contributed by atoms with Gasteiger partial charge in [-0.25, -0.2) is 9.78 Å². The van der Waals surface area contributed by atoms with Crippen LogP contribution in [0.4, 0.5) is 0 Å². The van der Waals surface area contributed by atoms with E-state index in [1.807, 2.05) is 84.9 Å². The minimum Gasteiger partial charge on any atom is -0.485 e. The van der Waals surface area contributed by atoms with Crippen molar-refractivity contribution in [2.45, 2.75) is 25.5 Å². The van der Waals surface area contributed by atoms with Crippen molar-refractivity contribution < 1.29 is 19.4 Å². The second-order valence-corrected chi connectivity index (χ2v) is 9.90. The first-order valence-corrected chi connectivity index (χ1v) is 12.3. The molecule has 5 rings (SSSR count). The second-order valence-electron chi connectivity index (χ2n) is 8.78. The van der Waals surface area contributed by atoms with Gasteiger partial charge in [-0.05, 0) is 36.1 Å². The van der Waals surface area contributed by atoms with Crippen LogP contribution in [0.1, 0.15) is 27.9 Å². The molecule has 1 unspecified atom stereocenters. The number of aliphatic carboxylic acids is 1. The molecule has 36 heavy (non-hydrogen) atoms. The quantitative estimate of drug-likeness (QED) is 0.282. The number of nitrogens with zero attached hydrogens (tertiary/aromatic N) is 1. The van der Waals surface area contributed by atoms with E-state index in [1.165, 1.54) is 18.3 Å². The van der Waals surface area contributed by atoms with Crippen LogP contribution < -0.4 is 10.1 Å². The van der Waals surface area contributed by atoms with E-state index in [0.29, 0.717) is 5.75 Å². The lowest BCUT2D eigenvalue weighted by atomic mass is 9.92. The van der Waals surface area contributed by atoms with Crippen molar-refractivity contribution in [1.82, 2.24) is 10.3 Å². The molecule has 1 amide bonds. The monoisotopic (exact) mass is 496 g/mol. The smallest absolute Gasteiger partial charge is 0.329 e. The standard InChI is InChI=1S/C29H24N2O4S/c1-29(28(33)34,17-19-9-3-2-4-10-19)31-27(32)22-16-15-20-11-5-6-12-21(20)26(22)35-18-25-30-23-13-7-8-14-24(23)36-25/h2-16H,17-18H2,1H3,(H,31,32)(H,33,34). The lowest BCUT2D eigenvalue weighted by molar-refractivity contribution is -0.143. The van der Waals surface area contributed by atoms with Gasteiger partial charge in [-0.15, -0.1) is 11.3 Å². The maximum absolute atomic E-state index is 13.5. The summed E-state index contributed by atoms with van der Waals surface area (Å²) in [6.45, 7) is 1.71. The zero-order valence-electron chi connectivity index (χ0n) is 19.6. The summed E-state index contributed by atoms with van der Waals surface area (Å²) in [5.41, 5.74) is 0.480. The van der Waals surface area contributed by atoms with Crippen LogP contribution in [0, 0.1) is 0 Å². The molecule has 0 saturated heterocycles. The summed E-state index contributed by atoms with van der Waals surface area (Å²) in [5.74, 6) is -1.23. The summed E-state index contributed by atoms with van der Waals surface area (Å²) in [6.07, 6.45) is 0.143. The van der Waals surface area contributed by atoms with E-state index in [-0.39, 0.29) is 18.6 Å². The lowest BCUT2D eigenvalue weighted by Crippen LogP contribution is -2.53. The number of benzene rings is 4. The molecule has 1 aromatic heterocycles. The number of thiazole rings is 1. The first-order valence-electron chi connectivity index (χ1n) is 11.5. The molecule has 0 saturated carbocycles. The van der Waals surface area contributed by atoms with Crippen molar-refractivity contribution in [3.63, 3.8) is 0 Å². The molecule has 0 spiro atoms. The number of carbonyl (C=O) groups is 2. The Hall–Kier alpha value is -4.23. The van der Waals surface area contributed by atoms with Crippen LogP contribution in [0.2, 0.25) is 0 Å². The van der Waals surface area contributed by atoms with Gasteiger partial charge in [0.25, 0.3) is 5.91 Å². The highest BCUT2D eigenvalue weighted by molar-refractivity contribution is 7.18. The number of amides is 1. The highest BCUT2D eigenvalue weighted by atomic mass is 32.1. The molecule has 0 aliphatic carbocycles. The van der Waals surface area contributed by atoms with E-state index >= 15 is 0 Å². The van der Waals surface area contributed by atoms with Crippen LogP contribution in [-0.4, -0.2) is 27.5 Å². The van der Waals surface area contributed by atoms with Gasteiger partial charge in [0.05, 0.1) is 15.8 Å². The number of rotatable bonds is 8.